The number of alkyl halides is 3. The molecule has 0 saturated carbocycles. The van der Waals surface area contributed by atoms with Crippen LogP contribution in [-0.4, -0.2) is 39.8 Å². The van der Waals surface area contributed by atoms with Crippen LogP contribution in [0.1, 0.15) is 15.9 Å². The molecule has 11 heteroatoms. The van der Waals surface area contributed by atoms with Crippen molar-refractivity contribution in [2.24, 2.45) is 5.73 Å². The number of nitrogens with two attached hydrogens (primary N) is 1. The number of hydrogen-bond acceptors (Lipinski definition) is 5. The molecule has 3 rings (SSSR count). The molecule has 2 N–H and O–H groups in total. The number of rotatable bonds is 5. The molecule has 1 saturated heterocycles. The van der Waals surface area contributed by atoms with Crippen LogP contribution in [0.3, 0.4) is 0 Å². The van der Waals surface area contributed by atoms with Crippen LogP contribution >= 0.6 is 11.8 Å². The van der Waals surface area contributed by atoms with Gasteiger partial charge in [0.05, 0.1) is 11.3 Å². The molecule has 146 valence electrons. The van der Waals surface area contributed by atoms with Gasteiger partial charge in [-0.1, -0.05) is 0 Å². The summed E-state index contributed by atoms with van der Waals surface area (Å²) in [6.07, 6.45) is 2.70. The smallest absolute Gasteiger partial charge is 0.366 e. The summed E-state index contributed by atoms with van der Waals surface area (Å²) in [5.74, 6) is -1.24. The number of imide groups is 1. The highest BCUT2D eigenvalue weighted by Gasteiger charge is 2.37. The van der Waals surface area contributed by atoms with Gasteiger partial charge in [-0.15, -0.1) is 0 Å². The van der Waals surface area contributed by atoms with Crippen molar-refractivity contribution in [2.45, 2.75) is 16.9 Å². The van der Waals surface area contributed by atoms with Crippen molar-refractivity contribution < 1.29 is 27.6 Å². The van der Waals surface area contributed by atoms with Crippen molar-refractivity contribution >= 4 is 35.3 Å². The van der Waals surface area contributed by atoms with E-state index in [1.807, 2.05) is 0 Å². The summed E-state index contributed by atoms with van der Waals surface area (Å²) in [7, 11) is 0. The summed E-state index contributed by atoms with van der Waals surface area (Å²) in [5, 5.41) is 0. The Labute approximate surface area is 161 Å². The molecule has 0 spiro atoms. The van der Waals surface area contributed by atoms with Gasteiger partial charge >= 0.3 is 11.5 Å². The zero-order valence-electron chi connectivity index (χ0n) is 14.1. The zero-order chi connectivity index (χ0) is 20.5. The van der Waals surface area contributed by atoms with Gasteiger partial charge in [0, 0.05) is 23.8 Å². The monoisotopic (exact) mass is 410 g/mol. The predicted molar refractivity (Wildman–Crippen MR) is 94.4 cm³/mol. The Balaban J connectivity index is 1.78. The molecule has 28 heavy (non-hydrogen) atoms. The number of anilines is 1. The maximum absolute atomic E-state index is 12.6. The number of nitrogens with zero attached hydrogens (tertiary/aromatic N) is 3. The van der Waals surface area contributed by atoms with E-state index in [4.69, 9.17) is 5.73 Å². The summed E-state index contributed by atoms with van der Waals surface area (Å²) < 4.78 is 37.2. The van der Waals surface area contributed by atoms with Crippen molar-refractivity contribution in [3.05, 3.63) is 53.9 Å². The number of carbonyl (C=O) groups is 3. The molecule has 1 aromatic carbocycles. The molecule has 1 fully saturated rings. The van der Waals surface area contributed by atoms with Crippen molar-refractivity contribution in [3.8, 4) is 0 Å². The van der Waals surface area contributed by atoms with E-state index in [9.17, 15) is 27.6 Å². The Morgan fingerprint density at radius 3 is 2.46 bits per heavy atom. The first-order chi connectivity index (χ1) is 13.2. The first kappa shape index (κ1) is 19.7. The topological polar surface area (TPSA) is 96.6 Å². The number of carbonyl (C=O) groups excluding carboxylic acids is 3. The third kappa shape index (κ3) is 4.25. The predicted octanol–water partition coefficient (Wildman–Crippen LogP) is 2.76. The molecular formula is C17H13F3N4O3S. The Hall–Kier alpha value is -3.08. The summed E-state index contributed by atoms with van der Waals surface area (Å²) in [5.41, 5.74) is 1.58. The lowest BCUT2D eigenvalue weighted by Gasteiger charge is -2.18. The van der Waals surface area contributed by atoms with E-state index in [1.54, 1.807) is 0 Å². The number of amides is 4. The number of aromatic nitrogens is 1. The molecule has 0 aliphatic carbocycles. The van der Waals surface area contributed by atoms with Crippen molar-refractivity contribution in [3.63, 3.8) is 0 Å². The molecule has 1 aliphatic rings. The molecule has 4 amide bonds. The van der Waals surface area contributed by atoms with Crippen LogP contribution in [0.25, 0.3) is 0 Å². The Morgan fingerprint density at radius 2 is 1.86 bits per heavy atom. The van der Waals surface area contributed by atoms with E-state index >= 15 is 0 Å². The van der Waals surface area contributed by atoms with E-state index in [0.717, 1.165) is 4.90 Å². The summed E-state index contributed by atoms with van der Waals surface area (Å²) in [4.78, 5) is 42.2. The Bertz CT molecular complexity index is 934. The molecule has 1 aromatic heterocycles. The molecule has 0 radical (unpaired) electrons. The van der Waals surface area contributed by atoms with Gasteiger partial charge in [-0.3, -0.25) is 14.6 Å². The van der Waals surface area contributed by atoms with Crippen LogP contribution in [0.4, 0.5) is 23.7 Å². The fourth-order valence-electron chi connectivity index (χ4n) is 2.71. The van der Waals surface area contributed by atoms with Crippen LogP contribution < -0.4 is 10.6 Å². The zero-order valence-corrected chi connectivity index (χ0v) is 15.0. The SMILES string of the molecule is NC(=O)c1cnccc1CN1CC(=O)N(c2ccc(SC(F)(F)F)cc2)C1=O. The summed E-state index contributed by atoms with van der Waals surface area (Å²) in [6.45, 7) is -0.276. The lowest BCUT2D eigenvalue weighted by Crippen LogP contribution is -2.33. The second kappa shape index (κ2) is 7.50. The number of hydrogen-bond donors (Lipinski definition) is 1. The molecule has 7 nitrogen and oxygen atoms in total. The Morgan fingerprint density at radius 1 is 1.18 bits per heavy atom. The van der Waals surface area contributed by atoms with Crippen LogP contribution in [0.2, 0.25) is 0 Å². The Kier molecular flexibility index (Phi) is 5.27. The quantitative estimate of drug-likeness (QED) is 0.604. The van der Waals surface area contributed by atoms with Gasteiger partial charge in [0.1, 0.15) is 6.54 Å². The fraction of sp³-hybridized carbons (Fsp3) is 0.176. The first-order valence-corrected chi connectivity index (χ1v) is 8.68. The number of thioether (sulfide) groups is 1. The lowest BCUT2D eigenvalue weighted by molar-refractivity contribution is -0.116. The van der Waals surface area contributed by atoms with E-state index in [1.165, 1.54) is 47.6 Å². The van der Waals surface area contributed by atoms with Gasteiger partial charge < -0.3 is 10.6 Å². The highest BCUT2D eigenvalue weighted by atomic mass is 32.2. The lowest BCUT2D eigenvalue weighted by atomic mass is 10.1. The van der Waals surface area contributed by atoms with Gasteiger partial charge in [0.2, 0.25) is 0 Å². The van der Waals surface area contributed by atoms with Crippen molar-refractivity contribution in [1.29, 1.82) is 0 Å². The molecule has 0 unspecified atom stereocenters. The van der Waals surface area contributed by atoms with Gasteiger partial charge in [-0.2, -0.15) is 13.2 Å². The number of halogens is 3. The van der Waals surface area contributed by atoms with Crippen LogP contribution in [0.5, 0.6) is 0 Å². The maximum atomic E-state index is 12.6. The molecule has 0 atom stereocenters. The highest BCUT2D eigenvalue weighted by Crippen LogP contribution is 2.37. The van der Waals surface area contributed by atoms with Gasteiger partial charge in [0.25, 0.3) is 11.8 Å². The maximum Gasteiger partial charge on any atom is 0.446 e. The standard InChI is InChI=1S/C17H13F3N4O3S/c18-17(19,20)28-12-3-1-11(2-4-12)24-14(25)9-23(16(24)27)8-10-5-6-22-7-13(10)15(21)26/h1-7H,8-9H2,(H2,21,26). The molecule has 0 bridgehead atoms. The van der Waals surface area contributed by atoms with Crippen LogP contribution in [0, 0.1) is 0 Å². The molecule has 2 aromatic rings. The number of benzene rings is 1. The van der Waals surface area contributed by atoms with E-state index in [-0.39, 0.29) is 41.0 Å². The summed E-state index contributed by atoms with van der Waals surface area (Å²) >= 11 is -0.288. The number of urea groups is 1. The minimum atomic E-state index is -4.43. The van der Waals surface area contributed by atoms with Crippen molar-refractivity contribution in [1.82, 2.24) is 9.88 Å². The molecular weight excluding hydrogens is 397 g/mol. The largest absolute Gasteiger partial charge is 0.446 e. The number of pyridine rings is 1. The van der Waals surface area contributed by atoms with Gasteiger partial charge in [-0.25, -0.2) is 9.69 Å². The minimum Gasteiger partial charge on any atom is -0.366 e. The van der Waals surface area contributed by atoms with E-state index in [0.29, 0.717) is 5.56 Å². The average Bonchev–Trinajstić information content (AvgIpc) is 2.88. The fourth-order valence-corrected chi connectivity index (χ4v) is 3.25. The molecule has 1 aliphatic heterocycles. The van der Waals surface area contributed by atoms with Crippen LogP contribution in [-0.2, 0) is 11.3 Å². The van der Waals surface area contributed by atoms with E-state index in [2.05, 4.69) is 4.98 Å². The van der Waals surface area contributed by atoms with Gasteiger partial charge in [-0.05, 0) is 47.7 Å². The average molecular weight is 410 g/mol. The van der Waals surface area contributed by atoms with Crippen molar-refractivity contribution in [2.75, 3.05) is 11.4 Å². The minimum absolute atomic E-state index is 0.0378. The summed E-state index contributed by atoms with van der Waals surface area (Å²) in [6, 6.07) is 5.79. The molecule has 2 heterocycles. The normalized spacial score (nSPS) is 14.7. The second-order valence-electron chi connectivity index (χ2n) is 5.81. The highest BCUT2D eigenvalue weighted by molar-refractivity contribution is 8.00. The second-order valence-corrected chi connectivity index (χ2v) is 6.95. The third-order valence-electron chi connectivity index (χ3n) is 3.90. The van der Waals surface area contributed by atoms with E-state index < -0.39 is 23.4 Å². The van der Waals surface area contributed by atoms with Crippen LogP contribution in [0.15, 0.2) is 47.6 Å². The first-order valence-electron chi connectivity index (χ1n) is 7.86. The van der Waals surface area contributed by atoms with Gasteiger partial charge in [0.15, 0.2) is 0 Å². The number of primary amides is 1. The third-order valence-corrected chi connectivity index (χ3v) is 4.64.